The van der Waals surface area contributed by atoms with Crippen LogP contribution in [0.2, 0.25) is 0 Å². The average Bonchev–Trinajstić information content (AvgIpc) is 3.33. The second-order valence-electron chi connectivity index (χ2n) is 11.7. The second-order valence-corrected chi connectivity index (χ2v) is 11.7. The number of nitrogens with zero attached hydrogens (tertiary/aromatic N) is 8. The van der Waals surface area contributed by atoms with Crippen molar-refractivity contribution in [1.29, 1.82) is 0 Å². The van der Waals surface area contributed by atoms with Gasteiger partial charge >= 0.3 is 0 Å². The zero-order valence-electron chi connectivity index (χ0n) is 25.0. The predicted molar refractivity (Wildman–Crippen MR) is 174 cm³/mol. The second kappa shape index (κ2) is 11.0. The van der Waals surface area contributed by atoms with Crippen molar-refractivity contribution in [2.24, 2.45) is 0 Å². The quantitative estimate of drug-likeness (QED) is 0.309. The number of nitrogens with one attached hydrogen (secondary N) is 1. The van der Waals surface area contributed by atoms with Gasteiger partial charge in [0.25, 0.3) is 11.5 Å². The lowest BCUT2D eigenvalue weighted by Gasteiger charge is -2.33. The Bertz CT molecular complexity index is 2040. The van der Waals surface area contributed by atoms with Gasteiger partial charge in [-0.05, 0) is 56.3 Å². The van der Waals surface area contributed by atoms with Crippen molar-refractivity contribution < 1.29 is 9.53 Å². The number of likely N-dealkylation sites (N-methyl/N-ethyl adjacent to an activating group) is 1. The van der Waals surface area contributed by atoms with Crippen molar-refractivity contribution in [3.63, 3.8) is 0 Å². The van der Waals surface area contributed by atoms with Gasteiger partial charge in [0.2, 0.25) is 5.95 Å². The normalized spacial score (nSPS) is 17.8. The molecule has 3 aromatic heterocycles. The highest BCUT2D eigenvalue weighted by atomic mass is 16.5. The van der Waals surface area contributed by atoms with E-state index in [0.717, 1.165) is 61.3 Å². The number of aromatic nitrogens is 5. The summed E-state index contributed by atoms with van der Waals surface area (Å²) < 4.78 is 9.18. The van der Waals surface area contributed by atoms with Gasteiger partial charge in [-0.15, -0.1) is 0 Å². The molecule has 2 bridgehead atoms. The molecule has 0 atom stereocenters. The third-order valence-electron chi connectivity index (χ3n) is 8.80. The maximum Gasteiger partial charge on any atom is 0.278 e. The molecule has 5 aromatic rings. The van der Waals surface area contributed by atoms with Crippen LogP contribution < -0.4 is 25.4 Å². The van der Waals surface area contributed by atoms with E-state index in [2.05, 4.69) is 39.3 Å². The highest BCUT2D eigenvalue weighted by Gasteiger charge is 2.27. The number of fused-ring (bicyclic) bond motifs is 6. The molecular formula is C33H33N9O3. The molecule has 3 aliphatic rings. The highest BCUT2D eigenvalue weighted by Crippen LogP contribution is 2.35. The molecule has 228 valence electrons. The minimum Gasteiger partial charge on any atom is -0.482 e. The summed E-state index contributed by atoms with van der Waals surface area (Å²) in [5.74, 6) is 0.926. The van der Waals surface area contributed by atoms with Crippen LogP contribution in [0.4, 0.5) is 23.0 Å². The zero-order valence-corrected chi connectivity index (χ0v) is 25.0. The number of hydrogen-bond donors (Lipinski definition) is 1. The number of piperazine rings is 1. The molecule has 1 N–H and O–H groups in total. The maximum absolute atomic E-state index is 13.6. The van der Waals surface area contributed by atoms with E-state index in [9.17, 15) is 9.59 Å². The Balaban J connectivity index is 1.16. The van der Waals surface area contributed by atoms with E-state index in [4.69, 9.17) is 14.7 Å². The fourth-order valence-electron chi connectivity index (χ4n) is 6.30. The molecule has 45 heavy (non-hydrogen) atoms. The van der Waals surface area contributed by atoms with Crippen LogP contribution in [-0.4, -0.2) is 81.5 Å². The number of amides is 1. The Morgan fingerprint density at radius 2 is 1.78 bits per heavy atom. The lowest BCUT2D eigenvalue weighted by Crippen LogP contribution is -2.44. The van der Waals surface area contributed by atoms with Gasteiger partial charge in [-0.3, -0.25) is 14.6 Å². The summed E-state index contributed by atoms with van der Waals surface area (Å²) in [6, 6.07) is 13.8. The number of ether oxygens (including phenoxy) is 1. The fourth-order valence-corrected chi connectivity index (χ4v) is 6.30. The molecule has 2 aromatic carbocycles. The SMILES string of the molecule is CN1CCN(c2cnc3cc(Nc4ncc5c(=O)n6n(c5n4)-c4ccc5c(c4)N(CCC/C=C\C6)C(=O)CO5)ccc3c2)CC1. The van der Waals surface area contributed by atoms with Crippen LogP contribution >= 0.6 is 0 Å². The van der Waals surface area contributed by atoms with Crippen LogP contribution in [0.5, 0.6) is 5.75 Å². The number of pyridine rings is 1. The third kappa shape index (κ3) is 4.96. The molecule has 0 unspecified atom stereocenters. The lowest BCUT2D eigenvalue weighted by atomic mass is 10.1. The Hall–Kier alpha value is -5.23. The first-order valence-corrected chi connectivity index (χ1v) is 15.3. The smallest absolute Gasteiger partial charge is 0.278 e. The number of allylic oxidation sites excluding steroid dienone is 2. The van der Waals surface area contributed by atoms with Crippen molar-refractivity contribution in [3.05, 3.63) is 77.4 Å². The predicted octanol–water partition coefficient (Wildman–Crippen LogP) is 3.70. The molecule has 0 radical (unpaired) electrons. The zero-order chi connectivity index (χ0) is 30.5. The largest absolute Gasteiger partial charge is 0.482 e. The molecule has 0 spiro atoms. The maximum atomic E-state index is 13.6. The monoisotopic (exact) mass is 603 g/mol. The summed E-state index contributed by atoms with van der Waals surface area (Å²) >= 11 is 0. The third-order valence-corrected chi connectivity index (χ3v) is 8.80. The van der Waals surface area contributed by atoms with E-state index in [-0.39, 0.29) is 18.1 Å². The molecular weight excluding hydrogens is 570 g/mol. The van der Waals surface area contributed by atoms with Crippen LogP contribution in [0, 0.1) is 0 Å². The summed E-state index contributed by atoms with van der Waals surface area (Å²) in [5.41, 5.74) is 4.47. The number of anilines is 4. The Labute approximate surface area is 259 Å². The van der Waals surface area contributed by atoms with Gasteiger partial charge in [0.15, 0.2) is 12.3 Å². The molecule has 6 heterocycles. The van der Waals surface area contributed by atoms with Gasteiger partial charge in [-0.2, -0.15) is 4.98 Å². The molecule has 8 rings (SSSR count). The molecule has 1 fully saturated rings. The van der Waals surface area contributed by atoms with E-state index in [0.29, 0.717) is 47.2 Å². The lowest BCUT2D eigenvalue weighted by molar-refractivity contribution is -0.121. The van der Waals surface area contributed by atoms with Gasteiger partial charge < -0.3 is 24.8 Å². The van der Waals surface area contributed by atoms with Gasteiger partial charge in [0.05, 0.1) is 35.3 Å². The summed E-state index contributed by atoms with van der Waals surface area (Å²) in [5, 5.41) is 4.78. The molecule has 3 aliphatic heterocycles. The molecule has 12 heteroatoms. The van der Waals surface area contributed by atoms with Gasteiger partial charge in [0.1, 0.15) is 11.1 Å². The van der Waals surface area contributed by atoms with Crippen LogP contribution in [0.3, 0.4) is 0 Å². The Morgan fingerprint density at radius 3 is 2.67 bits per heavy atom. The van der Waals surface area contributed by atoms with Gasteiger partial charge in [-0.25, -0.2) is 14.3 Å². The average molecular weight is 604 g/mol. The number of carbonyl (C=O) groups is 1. The van der Waals surface area contributed by atoms with Crippen molar-refractivity contribution in [2.45, 2.75) is 19.4 Å². The van der Waals surface area contributed by atoms with Crippen LogP contribution in [0.25, 0.3) is 27.6 Å². The summed E-state index contributed by atoms with van der Waals surface area (Å²) in [7, 11) is 2.15. The topological polar surface area (TPSA) is 114 Å². The van der Waals surface area contributed by atoms with E-state index >= 15 is 0 Å². The van der Waals surface area contributed by atoms with Crippen molar-refractivity contribution in [3.8, 4) is 11.4 Å². The molecule has 0 saturated carbocycles. The van der Waals surface area contributed by atoms with Crippen molar-refractivity contribution >= 4 is 50.9 Å². The number of hydrogen-bond acceptors (Lipinski definition) is 9. The minimum atomic E-state index is -0.189. The standard InChI is InChI=1S/C33H33N9O3/c1-38-12-14-39(15-13-38)25-16-22-6-7-23(17-27(22)34-19-25)36-33-35-20-26-31(37-33)42-24-8-9-29-28(18-24)40(30(43)21-45-29)10-4-2-3-5-11-41(42)32(26)44/h3,5-9,16-20H,2,4,10-15,21H2,1H3,(H,35,36,37)/b5-3-. The minimum absolute atomic E-state index is 0.0172. The molecule has 0 aliphatic carbocycles. The van der Waals surface area contributed by atoms with Crippen molar-refractivity contribution in [1.82, 2.24) is 29.2 Å². The fraction of sp³-hybridized carbons (Fsp3) is 0.303. The van der Waals surface area contributed by atoms with E-state index in [1.54, 1.807) is 20.5 Å². The van der Waals surface area contributed by atoms with Crippen LogP contribution in [-0.2, 0) is 11.3 Å². The van der Waals surface area contributed by atoms with Gasteiger partial charge in [0, 0.05) is 50.0 Å². The van der Waals surface area contributed by atoms with E-state index in [1.165, 1.54) is 0 Å². The van der Waals surface area contributed by atoms with E-state index < -0.39 is 0 Å². The number of rotatable bonds is 3. The van der Waals surface area contributed by atoms with E-state index in [1.807, 2.05) is 48.7 Å². The molecule has 1 saturated heterocycles. The molecule has 12 nitrogen and oxygen atoms in total. The van der Waals surface area contributed by atoms with Gasteiger partial charge in [-0.1, -0.05) is 18.2 Å². The highest BCUT2D eigenvalue weighted by molar-refractivity contribution is 5.98. The van der Waals surface area contributed by atoms with Crippen LogP contribution in [0.15, 0.2) is 71.8 Å². The molecule has 1 amide bonds. The van der Waals surface area contributed by atoms with Crippen LogP contribution in [0.1, 0.15) is 12.8 Å². The Kier molecular flexibility index (Phi) is 6.71. The first-order chi connectivity index (χ1) is 22.0. The number of carbonyl (C=O) groups excluding carboxylic acids is 1. The summed E-state index contributed by atoms with van der Waals surface area (Å²) in [4.78, 5) is 47.0. The Morgan fingerprint density at radius 1 is 0.889 bits per heavy atom. The summed E-state index contributed by atoms with van der Waals surface area (Å²) in [6.07, 6.45) is 9.15. The first kappa shape index (κ1) is 27.3. The first-order valence-electron chi connectivity index (χ1n) is 15.3. The summed E-state index contributed by atoms with van der Waals surface area (Å²) in [6.45, 7) is 5.04. The van der Waals surface area contributed by atoms with Crippen molar-refractivity contribution in [2.75, 3.05) is 61.5 Å². The number of benzene rings is 2.